The minimum absolute atomic E-state index is 0.00908. The molecule has 0 aliphatic carbocycles. The van der Waals surface area contributed by atoms with E-state index in [9.17, 15) is 14.7 Å². The molecule has 248 valence electrons. The number of aromatic nitrogens is 2. The van der Waals surface area contributed by atoms with Gasteiger partial charge in [-0.25, -0.2) is 4.98 Å². The number of carbonyl (C=O) groups excluding carboxylic acids is 2. The molecule has 3 atom stereocenters. The van der Waals surface area contributed by atoms with E-state index < -0.39 is 6.29 Å². The summed E-state index contributed by atoms with van der Waals surface area (Å²) < 4.78 is 15.1. The fourth-order valence-electron chi connectivity index (χ4n) is 5.88. The number of carbonyl (C=O) groups is 2. The lowest BCUT2D eigenvalue weighted by atomic mass is 9.99. The van der Waals surface area contributed by atoms with Gasteiger partial charge in [0.2, 0.25) is 11.8 Å². The summed E-state index contributed by atoms with van der Waals surface area (Å²) in [5.74, 6) is -0.178. The van der Waals surface area contributed by atoms with Crippen molar-refractivity contribution in [1.82, 2.24) is 14.9 Å². The van der Waals surface area contributed by atoms with Crippen molar-refractivity contribution in [2.75, 3.05) is 11.1 Å². The zero-order valence-electron chi connectivity index (χ0n) is 26.8. The zero-order valence-corrected chi connectivity index (χ0v) is 26.8. The van der Waals surface area contributed by atoms with Gasteiger partial charge in [-0.15, -0.1) is 0 Å². The number of nitrogens with one attached hydrogen (secondary N) is 2. The molecule has 0 radical (unpaired) electrons. The lowest BCUT2D eigenvalue weighted by Crippen LogP contribution is -2.32. The molecule has 48 heavy (non-hydrogen) atoms. The van der Waals surface area contributed by atoms with E-state index in [1.165, 1.54) is 0 Å². The maximum Gasteiger partial charge on any atom is 0.224 e. The van der Waals surface area contributed by atoms with Crippen LogP contribution in [0.15, 0.2) is 103 Å². The van der Waals surface area contributed by atoms with Gasteiger partial charge in [-0.2, -0.15) is 0 Å². The highest BCUT2D eigenvalue weighted by Crippen LogP contribution is 2.38. The van der Waals surface area contributed by atoms with Crippen molar-refractivity contribution >= 4 is 34.2 Å². The molecule has 10 nitrogen and oxygen atoms in total. The molecule has 4 aromatic carbocycles. The van der Waals surface area contributed by atoms with Gasteiger partial charge in [0.1, 0.15) is 0 Å². The lowest BCUT2D eigenvalue weighted by Gasteiger charge is -2.36. The average molecular weight is 648 g/mol. The average Bonchev–Trinajstić information content (AvgIpc) is 3.52. The van der Waals surface area contributed by atoms with Gasteiger partial charge >= 0.3 is 0 Å². The Hall–Kier alpha value is -5.03. The summed E-state index contributed by atoms with van der Waals surface area (Å²) in [6, 6.07) is 30.9. The highest BCUT2D eigenvalue weighted by atomic mass is 16.7. The smallest absolute Gasteiger partial charge is 0.224 e. The van der Waals surface area contributed by atoms with E-state index in [1.807, 2.05) is 85.2 Å². The number of para-hydroxylation sites is 4. The second-order valence-electron chi connectivity index (χ2n) is 12.1. The largest absolute Gasteiger partial charge is 0.397 e. The van der Waals surface area contributed by atoms with Crippen LogP contribution < -0.4 is 16.4 Å². The number of rotatable bonds is 13. The Morgan fingerprint density at radius 2 is 1.52 bits per heavy atom. The van der Waals surface area contributed by atoms with E-state index in [0.717, 1.165) is 33.3 Å². The fraction of sp³-hybridized carbons (Fsp3) is 0.289. The van der Waals surface area contributed by atoms with Gasteiger partial charge in [0.05, 0.1) is 54.1 Å². The van der Waals surface area contributed by atoms with Crippen LogP contribution in [-0.2, 0) is 38.8 Å². The molecule has 1 aromatic heterocycles. The molecule has 0 bridgehead atoms. The molecule has 0 spiro atoms. The van der Waals surface area contributed by atoms with E-state index >= 15 is 0 Å². The van der Waals surface area contributed by atoms with E-state index in [1.54, 1.807) is 12.1 Å². The maximum absolute atomic E-state index is 12.5. The second-order valence-corrected chi connectivity index (χ2v) is 12.1. The molecule has 1 saturated heterocycles. The summed E-state index contributed by atoms with van der Waals surface area (Å²) in [5, 5.41) is 15.3. The van der Waals surface area contributed by atoms with Crippen molar-refractivity contribution in [2.24, 2.45) is 0 Å². The number of ether oxygens (including phenoxy) is 2. The molecule has 0 unspecified atom stereocenters. The number of hydrogen-bond acceptors (Lipinski definition) is 7. The topological polar surface area (TPSA) is 141 Å². The summed E-state index contributed by atoms with van der Waals surface area (Å²) >= 11 is 0. The summed E-state index contributed by atoms with van der Waals surface area (Å²) in [5.41, 5.74) is 12.7. The predicted molar refractivity (Wildman–Crippen MR) is 184 cm³/mol. The number of anilines is 2. The van der Waals surface area contributed by atoms with E-state index in [4.69, 9.17) is 15.2 Å². The number of hydrogen-bond donors (Lipinski definition) is 4. The Labute approximate surface area is 279 Å². The second kappa shape index (κ2) is 15.7. The first-order valence-electron chi connectivity index (χ1n) is 16.4. The first kappa shape index (κ1) is 32.9. The molecule has 6 rings (SSSR count). The molecular formula is C38H41N5O5. The molecule has 0 saturated carbocycles. The minimum atomic E-state index is -0.583. The molecule has 2 heterocycles. The van der Waals surface area contributed by atoms with Crippen molar-refractivity contribution in [3.63, 3.8) is 0 Å². The third-order valence-corrected chi connectivity index (χ3v) is 8.58. The van der Waals surface area contributed by atoms with Gasteiger partial charge < -0.3 is 35.5 Å². The first-order chi connectivity index (χ1) is 23.4. The van der Waals surface area contributed by atoms with Crippen LogP contribution in [0.3, 0.4) is 0 Å². The van der Waals surface area contributed by atoms with Gasteiger partial charge in [0, 0.05) is 31.4 Å². The minimum Gasteiger partial charge on any atom is -0.397 e. The number of fused-ring (bicyclic) bond motifs is 1. The molecule has 10 heteroatoms. The number of benzene rings is 4. The lowest BCUT2D eigenvalue weighted by molar-refractivity contribution is -0.252. The Kier molecular flexibility index (Phi) is 10.8. The van der Waals surface area contributed by atoms with Crippen LogP contribution >= 0.6 is 0 Å². The molecule has 5 N–H and O–H groups in total. The molecule has 5 aromatic rings. The van der Waals surface area contributed by atoms with Crippen LogP contribution in [0.1, 0.15) is 66.8 Å². The third kappa shape index (κ3) is 8.46. The standard InChI is InChI=1S/C38H41N5O5/c39-31-7-1-2-8-32(31)42-37(46)12-6-5-11-36(45)40-22-26-13-19-29(20-14-26)38-47-30(23-43-25-41-33-9-3-4-10-34(33)43)21-35(48-38)28-17-15-27(24-44)16-18-28/h1-4,7-10,13-20,25,30,35,38,44H,5-6,11-12,21-24,39H2,(H,40,45)(H,42,46)/t30-,35+,38+/m1/s1. The Morgan fingerprint density at radius 3 is 2.29 bits per heavy atom. The molecular weight excluding hydrogens is 606 g/mol. The molecule has 2 amide bonds. The fourth-order valence-corrected chi connectivity index (χ4v) is 5.88. The van der Waals surface area contributed by atoms with Gasteiger partial charge in [0.15, 0.2) is 6.29 Å². The summed E-state index contributed by atoms with van der Waals surface area (Å²) in [4.78, 5) is 29.2. The summed E-state index contributed by atoms with van der Waals surface area (Å²) in [6.45, 7) is 1.02. The number of nitrogen functional groups attached to an aromatic ring is 1. The molecule has 1 fully saturated rings. The van der Waals surface area contributed by atoms with Crippen LogP contribution in [0.5, 0.6) is 0 Å². The Balaban J connectivity index is 1.02. The number of imidazole rings is 1. The summed E-state index contributed by atoms with van der Waals surface area (Å²) in [6.07, 6.45) is 3.48. The highest BCUT2D eigenvalue weighted by molar-refractivity contribution is 5.93. The monoisotopic (exact) mass is 647 g/mol. The number of nitrogens with zero attached hydrogens (tertiary/aromatic N) is 2. The first-order valence-corrected chi connectivity index (χ1v) is 16.4. The SMILES string of the molecule is Nc1ccccc1NC(=O)CCCCC(=O)NCc1ccc([C@H]2O[C@@H](Cn3cnc4ccccc43)C[C@@H](c3ccc(CO)cc3)O2)cc1. The Bertz CT molecular complexity index is 1820. The van der Waals surface area contributed by atoms with Gasteiger partial charge in [-0.1, -0.05) is 72.8 Å². The normalized spacial score (nSPS) is 17.6. The number of aliphatic hydroxyl groups excluding tert-OH is 1. The number of nitrogens with two attached hydrogens (primary N) is 1. The van der Waals surface area contributed by atoms with Crippen LogP contribution in [-0.4, -0.2) is 32.6 Å². The van der Waals surface area contributed by atoms with Gasteiger partial charge in [-0.3, -0.25) is 9.59 Å². The van der Waals surface area contributed by atoms with E-state index in [-0.39, 0.29) is 30.6 Å². The number of amides is 2. The van der Waals surface area contributed by atoms with Crippen molar-refractivity contribution in [3.8, 4) is 0 Å². The third-order valence-electron chi connectivity index (χ3n) is 8.58. The zero-order chi connectivity index (χ0) is 33.3. The van der Waals surface area contributed by atoms with Crippen LogP contribution in [0, 0.1) is 0 Å². The highest BCUT2D eigenvalue weighted by Gasteiger charge is 2.32. The van der Waals surface area contributed by atoms with Crippen LogP contribution in [0.25, 0.3) is 11.0 Å². The predicted octanol–water partition coefficient (Wildman–Crippen LogP) is 6.17. The van der Waals surface area contributed by atoms with Crippen molar-refractivity contribution < 1.29 is 24.2 Å². The molecule has 1 aliphatic heterocycles. The van der Waals surface area contributed by atoms with Crippen molar-refractivity contribution in [2.45, 2.75) is 70.3 Å². The van der Waals surface area contributed by atoms with E-state index in [0.29, 0.717) is 56.6 Å². The van der Waals surface area contributed by atoms with E-state index in [2.05, 4.69) is 26.3 Å². The van der Waals surface area contributed by atoms with Crippen molar-refractivity contribution in [3.05, 3.63) is 126 Å². The van der Waals surface area contributed by atoms with Crippen LogP contribution in [0.4, 0.5) is 11.4 Å². The van der Waals surface area contributed by atoms with Gasteiger partial charge in [-0.05, 0) is 53.8 Å². The quantitative estimate of drug-likeness (QED) is 0.0885. The van der Waals surface area contributed by atoms with Gasteiger partial charge in [0.25, 0.3) is 0 Å². The summed E-state index contributed by atoms with van der Waals surface area (Å²) in [7, 11) is 0. The number of aliphatic hydroxyl groups is 1. The van der Waals surface area contributed by atoms with Crippen molar-refractivity contribution in [1.29, 1.82) is 0 Å². The maximum atomic E-state index is 12.5. The Morgan fingerprint density at radius 1 is 0.833 bits per heavy atom. The number of unbranched alkanes of at least 4 members (excludes halogenated alkanes) is 1. The molecule has 1 aliphatic rings. The van der Waals surface area contributed by atoms with Crippen LogP contribution in [0.2, 0.25) is 0 Å².